The molecule has 3 aromatic rings. The number of amides is 1. The minimum Gasteiger partial charge on any atom is -0.492 e. The lowest BCUT2D eigenvalue weighted by Gasteiger charge is -2.18. The van der Waals surface area contributed by atoms with Crippen molar-refractivity contribution < 1.29 is 9.53 Å². The van der Waals surface area contributed by atoms with Crippen molar-refractivity contribution in [2.45, 2.75) is 38.1 Å². The molecule has 1 N–H and O–H groups in total. The van der Waals surface area contributed by atoms with E-state index in [9.17, 15) is 4.79 Å². The molecule has 0 saturated carbocycles. The molecule has 0 aliphatic rings. The van der Waals surface area contributed by atoms with Crippen LogP contribution in [0.25, 0.3) is 0 Å². The summed E-state index contributed by atoms with van der Waals surface area (Å²) in [5.74, 6) is 0.506. The molecule has 0 aliphatic carbocycles. The van der Waals surface area contributed by atoms with Crippen molar-refractivity contribution in [3.05, 3.63) is 77.1 Å². The Labute approximate surface area is 175 Å². The molecule has 0 radical (unpaired) electrons. The van der Waals surface area contributed by atoms with Gasteiger partial charge in [0.1, 0.15) is 11.0 Å². The first-order chi connectivity index (χ1) is 14.0. The molecule has 0 saturated heterocycles. The zero-order valence-electron chi connectivity index (χ0n) is 17.1. The van der Waals surface area contributed by atoms with Gasteiger partial charge < -0.3 is 10.1 Å². The van der Waals surface area contributed by atoms with Gasteiger partial charge in [0.2, 0.25) is 5.91 Å². The largest absolute Gasteiger partial charge is 0.492 e. The van der Waals surface area contributed by atoms with E-state index in [-0.39, 0.29) is 5.91 Å². The fraction of sp³-hybridized carbons (Fsp3) is 0.261. The second kappa shape index (κ2) is 9.56. The van der Waals surface area contributed by atoms with Gasteiger partial charge in [-0.05, 0) is 51.0 Å². The van der Waals surface area contributed by atoms with Gasteiger partial charge in [0.05, 0.1) is 12.3 Å². The van der Waals surface area contributed by atoms with E-state index in [1.54, 1.807) is 0 Å². The lowest BCUT2D eigenvalue weighted by atomic mass is 10.1. The number of hydrogen-bond donors (Lipinski definition) is 1. The van der Waals surface area contributed by atoms with E-state index in [2.05, 4.69) is 15.3 Å². The standard InChI is InChI=1S/C23H25N3O2S/c1-5-28-20-14-10-9-13-19(20)26-22(27)21(18-11-7-6-8-12-18)29-23-24-16(3)15(2)17(4)25-23/h6-14,21H,5H2,1-4H3,(H,26,27)/t21-/m0/s1. The molecule has 5 nitrogen and oxygen atoms in total. The first-order valence-corrected chi connectivity index (χ1v) is 10.4. The number of nitrogens with one attached hydrogen (secondary N) is 1. The minimum atomic E-state index is -0.493. The molecule has 1 heterocycles. The van der Waals surface area contributed by atoms with E-state index >= 15 is 0 Å². The first kappa shape index (κ1) is 20.9. The van der Waals surface area contributed by atoms with Crippen LogP contribution in [-0.2, 0) is 4.79 Å². The average Bonchev–Trinajstić information content (AvgIpc) is 2.72. The summed E-state index contributed by atoms with van der Waals surface area (Å²) in [5, 5.41) is 3.11. The van der Waals surface area contributed by atoms with E-state index in [1.165, 1.54) is 11.8 Å². The summed E-state index contributed by atoms with van der Waals surface area (Å²) in [6.45, 7) is 8.37. The summed E-state index contributed by atoms with van der Waals surface area (Å²) >= 11 is 1.35. The summed E-state index contributed by atoms with van der Waals surface area (Å²) in [7, 11) is 0. The Morgan fingerprint density at radius 1 is 1.00 bits per heavy atom. The number of carbonyl (C=O) groups excluding carboxylic acids is 1. The van der Waals surface area contributed by atoms with Crippen LogP contribution in [0.1, 0.15) is 34.7 Å². The normalized spacial score (nSPS) is 11.7. The van der Waals surface area contributed by atoms with E-state index in [0.717, 1.165) is 22.5 Å². The number of anilines is 1. The van der Waals surface area contributed by atoms with Gasteiger partial charge in [0.15, 0.2) is 5.16 Å². The van der Waals surface area contributed by atoms with Crippen LogP contribution in [0, 0.1) is 20.8 Å². The van der Waals surface area contributed by atoms with Crippen LogP contribution in [0.5, 0.6) is 5.75 Å². The van der Waals surface area contributed by atoms with Gasteiger partial charge in [-0.3, -0.25) is 4.79 Å². The minimum absolute atomic E-state index is 0.146. The van der Waals surface area contributed by atoms with Crippen molar-refractivity contribution >= 4 is 23.4 Å². The van der Waals surface area contributed by atoms with Crippen molar-refractivity contribution in [2.75, 3.05) is 11.9 Å². The van der Waals surface area contributed by atoms with Crippen molar-refractivity contribution in [1.82, 2.24) is 9.97 Å². The van der Waals surface area contributed by atoms with E-state index in [0.29, 0.717) is 23.2 Å². The third-order valence-electron chi connectivity index (χ3n) is 4.62. The molecule has 6 heteroatoms. The van der Waals surface area contributed by atoms with Gasteiger partial charge in [-0.25, -0.2) is 9.97 Å². The Hall–Kier alpha value is -2.86. The molecule has 0 aliphatic heterocycles. The molecule has 0 spiro atoms. The average molecular weight is 408 g/mol. The molecule has 0 unspecified atom stereocenters. The second-order valence-corrected chi connectivity index (χ2v) is 7.70. The topological polar surface area (TPSA) is 64.1 Å². The molecule has 29 heavy (non-hydrogen) atoms. The van der Waals surface area contributed by atoms with Crippen LogP contribution < -0.4 is 10.1 Å². The third-order valence-corrected chi connectivity index (χ3v) is 5.74. The Kier molecular flexibility index (Phi) is 6.88. The Balaban J connectivity index is 1.91. The predicted octanol–water partition coefficient (Wildman–Crippen LogP) is 5.27. The van der Waals surface area contributed by atoms with E-state index in [4.69, 9.17) is 4.74 Å². The molecular weight excluding hydrogens is 382 g/mol. The van der Waals surface area contributed by atoms with Crippen molar-refractivity contribution in [3.8, 4) is 5.75 Å². The zero-order chi connectivity index (χ0) is 20.8. The Morgan fingerprint density at radius 3 is 2.28 bits per heavy atom. The number of thioether (sulfide) groups is 1. The molecule has 2 aromatic carbocycles. The maximum atomic E-state index is 13.3. The quantitative estimate of drug-likeness (QED) is 0.427. The number of nitrogens with zero attached hydrogens (tertiary/aromatic N) is 2. The van der Waals surface area contributed by atoms with Crippen molar-refractivity contribution in [3.63, 3.8) is 0 Å². The monoisotopic (exact) mass is 407 g/mol. The van der Waals surface area contributed by atoms with Gasteiger partial charge in [-0.2, -0.15) is 0 Å². The Morgan fingerprint density at radius 2 is 1.62 bits per heavy atom. The predicted molar refractivity (Wildman–Crippen MR) is 118 cm³/mol. The number of rotatable bonds is 7. The summed E-state index contributed by atoms with van der Waals surface area (Å²) in [5.41, 5.74) is 4.46. The van der Waals surface area contributed by atoms with Gasteiger partial charge in [0, 0.05) is 11.4 Å². The highest BCUT2D eigenvalue weighted by molar-refractivity contribution is 8.00. The van der Waals surface area contributed by atoms with Crippen LogP contribution in [0.4, 0.5) is 5.69 Å². The van der Waals surface area contributed by atoms with Crippen LogP contribution in [0.3, 0.4) is 0 Å². The molecule has 0 fully saturated rings. The van der Waals surface area contributed by atoms with Gasteiger partial charge in [-0.1, -0.05) is 54.2 Å². The summed E-state index contributed by atoms with van der Waals surface area (Å²) < 4.78 is 5.64. The highest BCUT2D eigenvalue weighted by Crippen LogP contribution is 2.36. The SMILES string of the molecule is CCOc1ccccc1NC(=O)[C@@H](Sc1nc(C)c(C)c(C)n1)c1ccccc1. The number of benzene rings is 2. The van der Waals surface area contributed by atoms with Crippen LogP contribution in [-0.4, -0.2) is 22.5 Å². The van der Waals surface area contributed by atoms with E-state index < -0.39 is 5.25 Å². The molecule has 1 amide bonds. The van der Waals surface area contributed by atoms with Crippen molar-refractivity contribution in [2.24, 2.45) is 0 Å². The number of ether oxygens (including phenoxy) is 1. The second-order valence-electron chi connectivity index (χ2n) is 6.63. The zero-order valence-corrected chi connectivity index (χ0v) is 17.9. The third kappa shape index (κ3) is 5.15. The maximum Gasteiger partial charge on any atom is 0.242 e. The van der Waals surface area contributed by atoms with Crippen LogP contribution >= 0.6 is 11.8 Å². The first-order valence-electron chi connectivity index (χ1n) is 9.55. The highest BCUT2D eigenvalue weighted by atomic mass is 32.2. The summed E-state index contributed by atoms with van der Waals surface area (Å²) in [6.07, 6.45) is 0. The fourth-order valence-corrected chi connectivity index (χ4v) is 3.90. The number of carbonyl (C=O) groups is 1. The van der Waals surface area contributed by atoms with Crippen LogP contribution in [0.15, 0.2) is 59.8 Å². The maximum absolute atomic E-state index is 13.3. The van der Waals surface area contributed by atoms with E-state index in [1.807, 2.05) is 82.3 Å². The van der Waals surface area contributed by atoms with Crippen molar-refractivity contribution in [1.29, 1.82) is 0 Å². The van der Waals surface area contributed by atoms with Gasteiger partial charge in [-0.15, -0.1) is 0 Å². The highest BCUT2D eigenvalue weighted by Gasteiger charge is 2.25. The number of hydrogen-bond acceptors (Lipinski definition) is 5. The summed E-state index contributed by atoms with van der Waals surface area (Å²) in [6, 6.07) is 17.1. The number of aromatic nitrogens is 2. The smallest absolute Gasteiger partial charge is 0.242 e. The lowest BCUT2D eigenvalue weighted by Crippen LogP contribution is -2.20. The molecule has 1 atom stereocenters. The molecular formula is C23H25N3O2S. The molecule has 3 rings (SSSR count). The molecule has 1 aromatic heterocycles. The lowest BCUT2D eigenvalue weighted by molar-refractivity contribution is -0.115. The fourth-order valence-electron chi connectivity index (χ4n) is 2.85. The van der Waals surface area contributed by atoms with Gasteiger partial charge >= 0.3 is 0 Å². The van der Waals surface area contributed by atoms with Crippen LogP contribution in [0.2, 0.25) is 0 Å². The number of para-hydroxylation sites is 2. The molecule has 150 valence electrons. The number of aryl methyl sites for hydroxylation is 2. The van der Waals surface area contributed by atoms with Gasteiger partial charge in [0.25, 0.3) is 0 Å². The summed E-state index contributed by atoms with van der Waals surface area (Å²) in [4.78, 5) is 22.4. The Bertz CT molecular complexity index is 969. The molecule has 0 bridgehead atoms.